The number of alkyl halides is 3. The van der Waals surface area contributed by atoms with Gasteiger partial charge in [-0.15, -0.1) is 0 Å². The lowest BCUT2D eigenvalue weighted by Gasteiger charge is -2.19. The third kappa shape index (κ3) is 6.27. The van der Waals surface area contributed by atoms with E-state index >= 15 is 0 Å². The summed E-state index contributed by atoms with van der Waals surface area (Å²) in [6.07, 6.45) is -4.49. The van der Waals surface area contributed by atoms with Gasteiger partial charge in [0.05, 0.1) is 22.1 Å². The molecule has 1 atom stereocenters. The molecule has 178 valence electrons. The number of aromatic nitrogens is 3. The Hall–Kier alpha value is -3.03. The van der Waals surface area contributed by atoms with Crippen LogP contribution in [0.2, 0.25) is 0 Å². The van der Waals surface area contributed by atoms with E-state index in [0.717, 1.165) is 0 Å². The summed E-state index contributed by atoms with van der Waals surface area (Å²) in [5, 5.41) is 20.5. The van der Waals surface area contributed by atoms with E-state index in [9.17, 15) is 26.7 Å². The Morgan fingerprint density at radius 2 is 1.70 bits per heavy atom. The van der Waals surface area contributed by atoms with E-state index in [1.165, 1.54) is 38.1 Å². The highest BCUT2D eigenvalue weighted by molar-refractivity contribution is 7.89. The number of sulfonamides is 1. The van der Waals surface area contributed by atoms with E-state index in [0.29, 0.717) is 5.56 Å². The van der Waals surface area contributed by atoms with Crippen LogP contribution in [0.4, 0.5) is 24.9 Å². The van der Waals surface area contributed by atoms with Gasteiger partial charge in [-0.25, -0.2) is 23.5 Å². The Morgan fingerprint density at radius 1 is 1.06 bits per heavy atom. The van der Waals surface area contributed by atoms with Gasteiger partial charge in [0.1, 0.15) is 17.7 Å². The van der Waals surface area contributed by atoms with E-state index in [1.54, 1.807) is 19.1 Å². The Kier molecular flexibility index (Phi) is 6.51. The number of rotatable bonds is 7. The second-order valence-electron chi connectivity index (χ2n) is 7.97. The number of hydrogen-bond acceptors (Lipinski definition) is 8. The quantitative estimate of drug-likeness (QED) is 0.401. The normalized spacial score (nSPS) is 13.7. The molecule has 3 aromatic rings. The van der Waals surface area contributed by atoms with Crippen LogP contribution in [0.3, 0.4) is 0 Å². The molecule has 0 bridgehead atoms. The molecular weight excluding hydrogens is 461 g/mol. The molecule has 0 spiro atoms. The number of hydrogen-bond donors (Lipinski definition) is 4. The fourth-order valence-electron chi connectivity index (χ4n) is 2.95. The van der Waals surface area contributed by atoms with Crippen molar-refractivity contribution in [1.82, 2.24) is 15.0 Å². The third-order valence-corrected chi connectivity index (χ3v) is 5.61. The maximum atomic E-state index is 12.8. The molecule has 5 N–H and O–H groups in total. The van der Waals surface area contributed by atoms with Crippen molar-refractivity contribution in [2.45, 2.75) is 43.5 Å². The zero-order valence-corrected chi connectivity index (χ0v) is 18.8. The van der Waals surface area contributed by atoms with E-state index in [4.69, 9.17) is 5.14 Å². The molecule has 0 aliphatic carbocycles. The van der Waals surface area contributed by atoms with E-state index in [2.05, 4.69) is 25.6 Å². The number of benzene rings is 1. The van der Waals surface area contributed by atoms with Gasteiger partial charge in [-0.1, -0.05) is 12.1 Å². The van der Waals surface area contributed by atoms with Crippen molar-refractivity contribution in [3.8, 4) is 0 Å². The fourth-order valence-corrected chi connectivity index (χ4v) is 3.47. The molecule has 0 unspecified atom stereocenters. The van der Waals surface area contributed by atoms with Gasteiger partial charge in [0.15, 0.2) is 5.82 Å². The molecule has 9 nitrogen and oxygen atoms in total. The molecule has 33 heavy (non-hydrogen) atoms. The highest BCUT2D eigenvalue weighted by atomic mass is 32.2. The van der Waals surface area contributed by atoms with Crippen molar-refractivity contribution in [3.63, 3.8) is 0 Å². The summed E-state index contributed by atoms with van der Waals surface area (Å²) in [4.78, 5) is 12.7. The fraction of sp³-hybridized carbons (Fsp3) is 0.350. The van der Waals surface area contributed by atoms with Gasteiger partial charge in [-0.2, -0.15) is 18.2 Å². The predicted molar refractivity (Wildman–Crippen MR) is 117 cm³/mol. The summed E-state index contributed by atoms with van der Waals surface area (Å²) >= 11 is 0. The minimum absolute atomic E-state index is 0.0352. The summed E-state index contributed by atoms with van der Waals surface area (Å²) in [6.45, 7) is 3.42. The van der Waals surface area contributed by atoms with Crippen LogP contribution in [0.25, 0.3) is 11.0 Å². The maximum Gasteiger partial charge on any atom is 0.405 e. The molecule has 0 fully saturated rings. The zero-order chi connectivity index (χ0) is 24.6. The Labute approximate surface area is 188 Å². The van der Waals surface area contributed by atoms with Crippen LogP contribution in [0.1, 0.15) is 38.1 Å². The van der Waals surface area contributed by atoms with Gasteiger partial charge in [0.2, 0.25) is 16.0 Å². The van der Waals surface area contributed by atoms with Gasteiger partial charge < -0.3 is 15.7 Å². The van der Waals surface area contributed by atoms with Crippen molar-refractivity contribution < 1.29 is 26.7 Å². The van der Waals surface area contributed by atoms with E-state index < -0.39 is 34.4 Å². The minimum Gasteiger partial charge on any atom is -0.384 e. The smallest absolute Gasteiger partial charge is 0.384 e. The molecule has 0 saturated carbocycles. The van der Waals surface area contributed by atoms with Crippen LogP contribution >= 0.6 is 0 Å². The third-order valence-electron chi connectivity index (χ3n) is 4.68. The molecule has 0 saturated heterocycles. The average Bonchev–Trinajstić information content (AvgIpc) is 2.69. The number of fused-ring (bicyclic) bond motifs is 1. The first-order valence-corrected chi connectivity index (χ1v) is 11.3. The minimum atomic E-state index is -4.49. The van der Waals surface area contributed by atoms with Gasteiger partial charge in [-0.3, -0.25) is 0 Å². The van der Waals surface area contributed by atoms with Crippen LogP contribution in [-0.4, -0.2) is 41.2 Å². The van der Waals surface area contributed by atoms with Gasteiger partial charge in [0, 0.05) is 0 Å². The molecule has 3 rings (SSSR count). The lowest BCUT2D eigenvalue weighted by Crippen LogP contribution is -2.23. The summed E-state index contributed by atoms with van der Waals surface area (Å²) in [6, 6.07) is 8.45. The van der Waals surface area contributed by atoms with Crippen LogP contribution in [-0.2, 0) is 15.6 Å². The summed E-state index contributed by atoms with van der Waals surface area (Å²) in [7, 11) is -3.84. The van der Waals surface area contributed by atoms with Crippen LogP contribution in [0, 0.1) is 0 Å². The number of halogens is 3. The van der Waals surface area contributed by atoms with E-state index in [-0.39, 0.29) is 33.4 Å². The first kappa shape index (κ1) is 24.6. The summed E-state index contributed by atoms with van der Waals surface area (Å²) in [5.41, 5.74) is -0.0509. The molecule has 0 aliphatic heterocycles. The largest absolute Gasteiger partial charge is 0.405 e. The van der Waals surface area contributed by atoms with E-state index in [1.807, 2.05) is 0 Å². The molecule has 0 amide bonds. The number of nitrogens with one attached hydrogen (secondary N) is 2. The van der Waals surface area contributed by atoms with Crippen molar-refractivity contribution in [2.75, 3.05) is 17.2 Å². The number of pyridine rings is 1. The molecule has 2 aromatic heterocycles. The van der Waals surface area contributed by atoms with Crippen molar-refractivity contribution >= 4 is 32.8 Å². The molecular formula is C20H23F3N6O3S. The lowest BCUT2D eigenvalue weighted by atomic mass is 10.0. The van der Waals surface area contributed by atoms with Crippen molar-refractivity contribution in [3.05, 3.63) is 47.7 Å². The standard InChI is InChI=1S/C20H23F3N6O3S/c1-11(12-4-6-13(7-5-12)33(24,31)32)26-18-27-14-8-9-15(19(2,3)30)28-16(14)17(29-18)25-10-20(21,22)23/h4-9,11,30H,10H2,1-3H3,(H2,24,31,32)(H2,25,26,27,29)/t11-/m1/s1. The van der Waals surface area contributed by atoms with Crippen molar-refractivity contribution in [2.24, 2.45) is 5.14 Å². The Balaban J connectivity index is 1.96. The zero-order valence-electron chi connectivity index (χ0n) is 18.0. The molecule has 2 heterocycles. The van der Waals surface area contributed by atoms with Gasteiger partial charge >= 0.3 is 6.18 Å². The van der Waals surface area contributed by atoms with Crippen LogP contribution < -0.4 is 15.8 Å². The first-order chi connectivity index (χ1) is 15.1. The second kappa shape index (κ2) is 8.72. The highest BCUT2D eigenvalue weighted by Gasteiger charge is 2.28. The lowest BCUT2D eigenvalue weighted by molar-refractivity contribution is -0.115. The van der Waals surface area contributed by atoms with Crippen molar-refractivity contribution in [1.29, 1.82) is 0 Å². The predicted octanol–water partition coefficient (Wildman–Crippen LogP) is 3.05. The average molecular weight is 485 g/mol. The number of nitrogens with two attached hydrogens (primary N) is 1. The number of aliphatic hydroxyl groups is 1. The SMILES string of the molecule is C[C@@H](Nc1nc(NCC(F)(F)F)c2nc(C(C)(C)O)ccc2n1)c1ccc(S(N)(=O)=O)cc1. The number of anilines is 2. The first-order valence-electron chi connectivity index (χ1n) is 9.75. The number of primary sulfonamides is 1. The van der Waals surface area contributed by atoms with Gasteiger partial charge in [-0.05, 0) is 50.6 Å². The molecule has 13 heteroatoms. The molecule has 0 aliphatic rings. The number of nitrogens with zero attached hydrogens (tertiary/aromatic N) is 3. The monoisotopic (exact) mass is 484 g/mol. The summed E-state index contributed by atoms with van der Waals surface area (Å²) < 4.78 is 61.3. The van der Waals surface area contributed by atoms with Gasteiger partial charge in [0.25, 0.3) is 0 Å². The highest BCUT2D eigenvalue weighted by Crippen LogP contribution is 2.27. The summed E-state index contributed by atoms with van der Waals surface area (Å²) in [5.74, 6) is -0.115. The van der Waals surface area contributed by atoms with Crippen LogP contribution in [0.5, 0.6) is 0 Å². The molecule has 1 aromatic carbocycles. The molecule has 0 radical (unpaired) electrons. The Bertz CT molecular complexity index is 1260. The second-order valence-corrected chi connectivity index (χ2v) is 9.53. The maximum absolute atomic E-state index is 12.8. The van der Waals surface area contributed by atoms with Crippen LogP contribution in [0.15, 0.2) is 41.3 Å². The Morgan fingerprint density at radius 3 is 2.24 bits per heavy atom. The topological polar surface area (TPSA) is 143 Å².